The van der Waals surface area contributed by atoms with Crippen molar-refractivity contribution in [3.63, 3.8) is 0 Å². The molecule has 1 N–H and O–H groups in total. The number of rotatable bonds is 5. The topological polar surface area (TPSA) is 84.9 Å². The molecule has 1 aromatic carbocycles. The SMILES string of the molecule is COc1cccc(S(=O)(=O)NCC(=O)N2C[C@@H](C)O[C@@H](C)C2)c1. The molecular formula is C15H22N2O5S. The minimum absolute atomic E-state index is 0.0577. The van der Waals surface area contributed by atoms with Crippen LogP contribution in [0, 0.1) is 0 Å². The molecule has 1 amide bonds. The Labute approximate surface area is 136 Å². The fourth-order valence-corrected chi connectivity index (χ4v) is 3.51. The van der Waals surface area contributed by atoms with Crippen LogP contribution in [0.4, 0.5) is 0 Å². The van der Waals surface area contributed by atoms with Gasteiger partial charge in [-0.25, -0.2) is 13.1 Å². The van der Waals surface area contributed by atoms with Crippen LogP contribution in [0.2, 0.25) is 0 Å². The van der Waals surface area contributed by atoms with E-state index in [1.54, 1.807) is 17.0 Å². The van der Waals surface area contributed by atoms with Crippen molar-refractivity contribution in [1.29, 1.82) is 0 Å². The van der Waals surface area contributed by atoms with Gasteiger partial charge in [-0.05, 0) is 26.0 Å². The maximum absolute atomic E-state index is 12.3. The number of carbonyl (C=O) groups excluding carboxylic acids is 1. The average Bonchev–Trinajstić information content (AvgIpc) is 2.51. The van der Waals surface area contributed by atoms with Gasteiger partial charge in [0.2, 0.25) is 15.9 Å². The first-order chi connectivity index (χ1) is 10.8. The number of nitrogens with one attached hydrogen (secondary N) is 1. The molecule has 1 saturated heterocycles. The molecule has 1 aromatic rings. The predicted molar refractivity (Wildman–Crippen MR) is 84.8 cm³/mol. The van der Waals surface area contributed by atoms with E-state index < -0.39 is 10.0 Å². The maximum Gasteiger partial charge on any atom is 0.241 e. The Morgan fingerprint density at radius 2 is 2.00 bits per heavy atom. The summed E-state index contributed by atoms with van der Waals surface area (Å²) < 4.78 is 37.4. The van der Waals surface area contributed by atoms with Gasteiger partial charge < -0.3 is 14.4 Å². The summed E-state index contributed by atoms with van der Waals surface area (Å²) in [6.07, 6.45) is -0.115. The normalized spacial score (nSPS) is 22.0. The van der Waals surface area contributed by atoms with Crippen molar-refractivity contribution in [2.75, 3.05) is 26.7 Å². The van der Waals surface area contributed by atoms with Crippen LogP contribution in [0.1, 0.15) is 13.8 Å². The number of nitrogens with zero attached hydrogens (tertiary/aromatic N) is 1. The Morgan fingerprint density at radius 1 is 1.35 bits per heavy atom. The Hall–Kier alpha value is -1.64. The average molecular weight is 342 g/mol. The summed E-state index contributed by atoms with van der Waals surface area (Å²) in [7, 11) is -2.30. The van der Waals surface area contributed by atoms with Crippen LogP contribution in [-0.2, 0) is 19.6 Å². The van der Waals surface area contributed by atoms with Crippen molar-refractivity contribution in [3.8, 4) is 5.75 Å². The van der Waals surface area contributed by atoms with Gasteiger partial charge in [-0.2, -0.15) is 0 Å². The van der Waals surface area contributed by atoms with Gasteiger partial charge in [0.25, 0.3) is 0 Å². The van der Waals surface area contributed by atoms with Gasteiger partial charge in [-0.3, -0.25) is 4.79 Å². The van der Waals surface area contributed by atoms with Crippen molar-refractivity contribution in [1.82, 2.24) is 9.62 Å². The van der Waals surface area contributed by atoms with E-state index in [2.05, 4.69) is 4.72 Å². The maximum atomic E-state index is 12.3. The number of ether oxygens (including phenoxy) is 2. The van der Waals surface area contributed by atoms with E-state index in [9.17, 15) is 13.2 Å². The lowest BCUT2D eigenvalue weighted by Gasteiger charge is -2.35. The Morgan fingerprint density at radius 3 is 2.61 bits per heavy atom. The molecule has 1 heterocycles. The first kappa shape index (κ1) is 17.7. The zero-order chi connectivity index (χ0) is 17.0. The number of carbonyl (C=O) groups is 1. The van der Waals surface area contributed by atoms with Gasteiger partial charge >= 0.3 is 0 Å². The third-order valence-corrected chi connectivity index (χ3v) is 4.94. The van der Waals surface area contributed by atoms with Crippen LogP contribution < -0.4 is 9.46 Å². The largest absolute Gasteiger partial charge is 0.497 e. The highest BCUT2D eigenvalue weighted by Gasteiger charge is 2.26. The van der Waals surface area contributed by atoms with Crippen LogP contribution in [0.5, 0.6) is 5.75 Å². The molecule has 8 heteroatoms. The number of morpholine rings is 1. The van der Waals surface area contributed by atoms with E-state index in [0.29, 0.717) is 18.8 Å². The van der Waals surface area contributed by atoms with Gasteiger partial charge in [-0.1, -0.05) is 6.07 Å². The number of hydrogen-bond acceptors (Lipinski definition) is 5. The molecular weight excluding hydrogens is 320 g/mol. The molecule has 0 unspecified atom stereocenters. The highest BCUT2D eigenvalue weighted by molar-refractivity contribution is 7.89. The predicted octanol–water partition coefficient (Wildman–Crippen LogP) is 0.609. The second kappa shape index (κ2) is 7.29. The summed E-state index contributed by atoms with van der Waals surface area (Å²) >= 11 is 0. The second-order valence-corrected chi connectivity index (χ2v) is 7.33. The second-order valence-electron chi connectivity index (χ2n) is 5.56. The lowest BCUT2D eigenvalue weighted by molar-refractivity contribution is -0.141. The molecule has 0 saturated carbocycles. The fourth-order valence-electron chi connectivity index (χ4n) is 2.50. The van der Waals surface area contributed by atoms with E-state index in [0.717, 1.165) is 0 Å². The van der Waals surface area contributed by atoms with E-state index >= 15 is 0 Å². The van der Waals surface area contributed by atoms with Gasteiger partial charge in [0.05, 0.1) is 30.8 Å². The molecule has 7 nitrogen and oxygen atoms in total. The van der Waals surface area contributed by atoms with E-state index in [4.69, 9.17) is 9.47 Å². The van der Waals surface area contributed by atoms with Gasteiger partial charge in [0, 0.05) is 19.2 Å². The van der Waals surface area contributed by atoms with E-state index in [1.165, 1.54) is 19.2 Å². The molecule has 0 radical (unpaired) electrons. The molecule has 0 bridgehead atoms. The van der Waals surface area contributed by atoms with Crippen LogP contribution in [0.15, 0.2) is 29.2 Å². The zero-order valence-corrected chi connectivity index (χ0v) is 14.3. The van der Waals surface area contributed by atoms with Crippen molar-refractivity contribution >= 4 is 15.9 Å². The smallest absolute Gasteiger partial charge is 0.241 e. The fraction of sp³-hybridized carbons (Fsp3) is 0.533. The van der Waals surface area contributed by atoms with Crippen molar-refractivity contribution in [2.24, 2.45) is 0 Å². The van der Waals surface area contributed by atoms with E-state index in [-0.39, 0.29) is 29.6 Å². The minimum atomic E-state index is -3.76. The first-order valence-corrected chi connectivity index (χ1v) is 8.87. The Balaban J connectivity index is 1.99. The third kappa shape index (κ3) is 4.66. The molecule has 1 aliphatic rings. The summed E-state index contributed by atoms with van der Waals surface area (Å²) in [4.78, 5) is 13.9. The summed E-state index contributed by atoms with van der Waals surface area (Å²) in [5, 5.41) is 0. The number of hydrogen-bond donors (Lipinski definition) is 1. The summed E-state index contributed by atoms with van der Waals surface area (Å²) in [5.41, 5.74) is 0. The number of amides is 1. The molecule has 1 fully saturated rings. The standard InChI is InChI=1S/C15H22N2O5S/c1-11-9-17(10-12(2)22-11)15(18)8-16-23(19,20)14-6-4-5-13(7-14)21-3/h4-7,11-12,16H,8-10H2,1-3H3/t11-,12+. The molecule has 0 spiro atoms. The summed E-state index contributed by atoms with van der Waals surface area (Å²) in [5.74, 6) is 0.175. The van der Waals surface area contributed by atoms with Gasteiger partial charge in [-0.15, -0.1) is 0 Å². The number of methoxy groups -OCH3 is 1. The Kier molecular flexibility index (Phi) is 5.61. The number of benzene rings is 1. The van der Waals surface area contributed by atoms with Crippen LogP contribution in [-0.4, -0.2) is 58.2 Å². The van der Waals surface area contributed by atoms with Crippen LogP contribution in [0.3, 0.4) is 0 Å². The van der Waals surface area contributed by atoms with Crippen LogP contribution >= 0.6 is 0 Å². The van der Waals surface area contributed by atoms with Crippen LogP contribution in [0.25, 0.3) is 0 Å². The Bertz CT molecular complexity index is 652. The summed E-state index contributed by atoms with van der Waals surface area (Å²) in [6.45, 7) is 4.42. The monoisotopic (exact) mass is 342 g/mol. The van der Waals surface area contributed by atoms with Crippen molar-refractivity contribution in [3.05, 3.63) is 24.3 Å². The van der Waals surface area contributed by atoms with E-state index in [1.807, 2.05) is 13.8 Å². The molecule has 23 heavy (non-hydrogen) atoms. The van der Waals surface area contributed by atoms with Crippen molar-refractivity contribution < 1.29 is 22.7 Å². The molecule has 2 atom stereocenters. The summed E-state index contributed by atoms with van der Waals surface area (Å²) in [6, 6.07) is 6.10. The van der Waals surface area contributed by atoms with Gasteiger partial charge in [0.15, 0.2) is 0 Å². The number of sulfonamides is 1. The first-order valence-electron chi connectivity index (χ1n) is 7.39. The lowest BCUT2D eigenvalue weighted by Crippen LogP contribution is -2.51. The highest BCUT2D eigenvalue weighted by atomic mass is 32.2. The molecule has 2 rings (SSSR count). The minimum Gasteiger partial charge on any atom is -0.497 e. The molecule has 128 valence electrons. The van der Waals surface area contributed by atoms with Crippen molar-refractivity contribution in [2.45, 2.75) is 31.0 Å². The highest BCUT2D eigenvalue weighted by Crippen LogP contribution is 2.17. The third-order valence-electron chi connectivity index (χ3n) is 3.54. The van der Waals surface area contributed by atoms with Gasteiger partial charge in [0.1, 0.15) is 5.75 Å². The molecule has 0 aromatic heterocycles. The quantitative estimate of drug-likeness (QED) is 0.847. The molecule has 1 aliphatic heterocycles. The zero-order valence-electron chi connectivity index (χ0n) is 13.5. The molecule has 0 aliphatic carbocycles. The lowest BCUT2D eigenvalue weighted by atomic mass is 10.2.